The molecule has 0 radical (unpaired) electrons. The van der Waals surface area contributed by atoms with Gasteiger partial charge in [-0.05, 0) is 44.0 Å². The van der Waals surface area contributed by atoms with E-state index in [1.165, 1.54) is 0 Å². The van der Waals surface area contributed by atoms with Gasteiger partial charge in [0.1, 0.15) is 11.9 Å². The van der Waals surface area contributed by atoms with Gasteiger partial charge in [0, 0.05) is 12.8 Å². The van der Waals surface area contributed by atoms with E-state index in [4.69, 9.17) is 14.2 Å². The molecule has 0 saturated carbocycles. The topological polar surface area (TPSA) is 68.2 Å². The number of carbonyl (C=O) groups is 1. The van der Waals surface area contributed by atoms with Crippen molar-refractivity contribution in [2.45, 2.75) is 32.0 Å². The molecule has 1 fully saturated rings. The first-order valence-electron chi connectivity index (χ1n) is 7.48. The lowest BCUT2D eigenvalue weighted by atomic mass is 10.2. The van der Waals surface area contributed by atoms with Crippen LogP contribution in [0.3, 0.4) is 0 Å². The highest BCUT2D eigenvalue weighted by Crippen LogP contribution is 2.24. The van der Waals surface area contributed by atoms with Crippen molar-refractivity contribution >= 4 is 11.8 Å². The van der Waals surface area contributed by atoms with E-state index < -0.39 is 0 Å². The Labute approximate surface area is 130 Å². The molecular weight excluding hydrogens is 286 g/mol. The second-order valence-electron chi connectivity index (χ2n) is 5.41. The molecule has 1 aromatic carbocycles. The maximum atomic E-state index is 11.8. The molecule has 122 valence electrons. The first-order chi connectivity index (χ1) is 10.6. The van der Waals surface area contributed by atoms with E-state index in [1.54, 1.807) is 18.9 Å². The molecule has 1 heterocycles. The summed E-state index contributed by atoms with van der Waals surface area (Å²) in [6.45, 7) is 3.21. The molecule has 1 saturated heterocycles. The quantitative estimate of drug-likeness (QED) is 0.746. The molecule has 2 unspecified atom stereocenters. The fraction of sp³-hybridized carbons (Fsp3) is 0.562. The summed E-state index contributed by atoms with van der Waals surface area (Å²) in [5.41, 5.74) is 0.778. The van der Waals surface area contributed by atoms with Crippen LogP contribution in [0.15, 0.2) is 24.3 Å². The van der Waals surface area contributed by atoms with Gasteiger partial charge < -0.3 is 19.3 Å². The Kier molecular flexibility index (Phi) is 6.03. The van der Waals surface area contributed by atoms with Crippen LogP contribution in [0.5, 0.6) is 5.75 Å². The Morgan fingerprint density at radius 1 is 1.41 bits per heavy atom. The van der Waals surface area contributed by atoms with Crippen LogP contribution in [-0.4, -0.2) is 50.3 Å². The van der Waals surface area contributed by atoms with Gasteiger partial charge in [-0.15, -0.1) is 0 Å². The number of cyclic esters (lactones) is 1. The van der Waals surface area contributed by atoms with E-state index in [2.05, 4.69) is 0 Å². The molecule has 2 atom stereocenters. The number of ether oxygens (including phenoxy) is 3. The van der Waals surface area contributed by atoms with E-state index in [9.17, 15) is 9.90 Å². The third-order valence-corrected chi connectivity index (χ3v) is 3.41. The molecule has 2 rings (SSSR count). The Balaban J connectivity index is 1.85. The van der Waals surface area contributed by atoms with Gasteiger partial charge in [0.05, 0.1) is 25.9 Å². The molecule has 0 aromatic heterocycles. The highest BCUT2D eigenvalue weighted by Gasteiger charge is 2.32. The summed E-state index contributed by atoms with van der Waals surface area (Å²) in [6, 6.07) is 7.32. The van der Waals surface area contributed by atoms with E-state index in [0.717, 1.165) is 24.3 Å². The fourth-order valence-corrected chi connectivity index (χ4v) is 2.30. The monoisotopic (exact) mass is 309 g/mol. The van der Waals surface area contributed by atoms with Gasteiger partial charge in [0.25, 0.3) is 0 Å². The minimum absolute atomic E-state index is 0.228. The van der Waals surface area contributed by atoms with Crippen LogP contribution < -0.4 is 9.64 Å². The minimum Gasteiger partial charge on any atom is -0.494 e. The molecule has 6 nitrogen and oxygen atoms in total. The van der Waals surface area contributed by atoms with E-state index in [0.29, 0.717) is 19.8 Å². The van der Waals surface area contributed by atoms with Gasteiger partial charge in [-0.3, -0.25) is 4.90 Å². The number of anilines is 1. The Bertz CT molecular complexity index is 474. The molecule has 1 amide bonds. The third kappa shape index (κ3) is 4.61. The SMILES string of the molecule is COCC1CN(c2ccc(OCCCC(C)O)cc2)C(=O)O1. The number of amides is 1. The molecule has 6 heteroatoms. The highest BCUT2D eigenvalue weighted by atomic mass is 16.6. The summed E-state index contributed by atoms with van der Waals surface area (Å²) in [5.74, 6) is 0.746. The smallest absolute Gasteiger partial charge is 0.414 e. The number of rotatable bonds is 8. The molecule has 0 aliphatic carbocycles. The van der Waals surface area contributed by atoms with Gasteiger partial charge in [-0.2, -0.15) is 0 Å². The number of hydrogen-bond donors (Lipinski definition) is 1. The standard InChI is InChI=1S/C16H23NO5/c1-12(18)4-3-9-21-14-7-5-13(6-8-14)17-10-15(11-20-2)22-16(17)19/h5-8,12,15,18H,3-4,9-11H2,1-2H3. The predicted octanol–water partition coefficient (Wildman–Crippen LogP) is 2.20. The summed E-state index contributed by atoms with van der Waals surface area (Å²) in [5, 5.41) is 9.18. The second kappa shape index (κ2) is 8.00. The zero-order valence-corrected chi connectivity index (χ0v) is 13.0. The fourth-order valence-electron chi connectivity index (χ4n) is 2.30. The van der Waals surface area contributed by atoms with E-state index in [-0.39, 0.29) is 18.3 Å². The second-order valence-corrected chi connectivity index (χ2v) is 5.41. The van der Waals surface area contributed by atoms with Crippen LogP contribution in [0.25, 0.3) is 0 Å². The van der Waals surface area contributed by atoms with Crippen molar-refractivity contribution in [2.75, 3.05) is 31.8 Å². The van der Waals surface area contributed by atoms with Crippen molar-refractivity contribution in [1.29, 1.82) is 0 Å². The average molecular weight is 309 g/mol. The molecule has 0 bridgehead atoms. The molecule has 22 heavy (non-hydrogen) atoms. The first kappa shape index (κ1) is 16.6. The van der Waals surface area contributed by atoms with Gasteiger partial charge >= 0.3 is 6.09 Å². The van der Waals surface area contributed by atoms with Crippen molar-refractivity contribution in [3.05, 3.63) is 24.3 Å². The Morgan fingerprint density at radius 2 is 2.14 bits per heavy atom. The number of carbonyl (C=O) groups excluding carboxylic acids is 1. The van der Waals surface area contributed by atoms with Crippen molar-refractivity contribution in [2.24, 2.45) is 0 Å². The van der Waals surface area contributed by atoms with Gasteiger partial charge in [0.2, 0.25) is 0 Å². The largest absolute Gasteiger partial charge is 0.494 e. The van der Waals surface area contributed by atoms with Crippen molar-refractivity contribution < 1.29 is 24.1 Å². The number of nitrogens with zero attached hydrogens (tertiary/aromatic N) is 1. The molecule has 1 aliphatic heterocycles. The van der Waals surface area contributed by atoms with Gasteiger partial charge in [-0.25, -0.2) is 4.79 Å². The maximum absolute atomic E-state index is 11.8. The first-order valence-corrected chi connectivity index (χ1v) is 7.48. The predicted molar refractivity (Wildman–Crippen MR) is 82.3 cm³/mol. The molecule has 1 N–H and O–H groups in total. The lowest BCUT2D eigenvalue weighted by Gasteiger charge is -2.14. The van der Waals surface area contributed by atoms with Crippen molar-refractivity contribution in [3.8, 4) is 5.75 Å². The maximum Gasteiger partial charge on any atom is 0.414 e. The molecule has 1 aromatic rings. The summed E-state index contributed by atoms with van der Waals surface area (Å²) in [6.07, 6.45) is 0.642. The van der Waals surface area contributed by atoms with Crippen LogP contribution in [0.1, 0.15) is 19.8 Å². The molecular formula is C16H23NO5. The molecule has 1 aliphatic rings. The summed E-state index contributed by atoms with van der Waals surface area (Å²) in [7, 11) is 1.58. The minimum atomic E-state index is -0.354. The van der Waals surface area contributed by atoms with E-state index in [1.807, 2.05) is 24.3 Å². The Hall–Kier alpha value is -1.79. The number of hydrogen-bond acceptors (Lipinski definition) is 5. The average Bonchev–Trinajstić information content (AvgIpc) is 2.85. The van der Waals surface area contributed by atoms with Gasteiger partial charge in [-0.1, -0.05) is 0 Å². The lowest BCUT2D eigenvalue weighted by Crippen LogP contribution is -2.25. The van der Waals surface area contributed by atoms with Crippen LogP contribution in [0.2, 0.25) is 0 Å². The summed E-state index contributed by atoms with van der Waals surface area (Å²) < 4.78 is 15.8. The zero-order chi connectivity index (χ0) is 15.9. The van der Waals surface area contributed by atoms with Crippen molar-refractivity contribution in [1.82, 2.24) is 0 Å². The normalized spacial score (nSPS) is 19.1. The zero-order valence-electron chi connectivity index (χ0n) is 13.0. The van der Waals surface area contributed by atoms with Crippen LogP contribution in [0.4, 0.5) is 10.5 Å². The number of methoxy groups -OCH3 is 1. The number of aliphatic hydroxyl groups is 1. The highest BCUT2D eigenvalue weighted by molar-refractivity contribution is 5.89. The number of aliphatic hydroxyl groups excluding tert-OH is 1. The van der Waals surface area contributed by atoms with Gasteiger partial charge in [0.15, 0.2) is 0 Å². The number of benzene rings is 1. The molecule has 0 spiro atoms. The lowest BCUT2D eigenvalue weighted by molar-refractivity contribution is 0.0718. The van der Waals surface area contributed by atoms with Crippen LogP contribution >= 0.6 is 0 Å². The van der Waals surface area contributed by atoms with E-state index >= 15 is 0 Å². The van der Waals surface area contributed by atoms with Crippen molar-refractivity contribution in [3.63, 3.8) is 0 Å². The van der Waals surface area contributed by atoms with Crippen LogP contribution in [-0.2, 0) is 9.47 Å². The summed E-state index contributed by atoms with van der Waals surface area (Å²) in [4.78, 5) is 13.4. The Morgan fingerprint density at radius 3 is 2.77 bits per heavy atom. The van der Waals surface area contributed by atoms with Crippen LogP contribution in [0, 0.1) is 0 Å². The third-order valence-electron chi connectivity index (χ3n) is 3.41. The summed E-state index contributed by atoms with van der Waals surface area (Å²) >= 11 is 0.